The Hall–Kier alpha value is -5.71. The molecule has 1 aliphatic carbocycles. The Morgan fingerprint density at radius 3 is 2.51 bits per heavy atom. The fraction of sp³-hybridized carbons (Fsp3) is 0.325. The SMILES string of the molecule is COc1ccc(CNc2nccc3c(NCC45CC(COc6ccn(C)c(=O)c6)(CN4C(=O)N(C)Cc4ccccc4)C5)cccc23)c(OC)c1. The second-order valence-corrected chi connectivity index (χ2v) is 13.8. The van der Waals surface area contributed by atoms with E-state index in [1.165, 1.54) is 10.6 Å². The van der Waals surface area contributed by atoms with Crippen LogP contribution in [0.5, 0.6) is 17.2 Å². The molecular weight excluding hydrogens is 644 g/mol. The van der Waals surface area contributed by atoms with E-state index in [0.717, 1.165) is 57.7 Å². The quantitative estimate of drug-likeness (QED) is 0.152. The third kappa shape index (κ3) is 6.75. The van der Waals surface area contributed by atoms with Crippen molar-refractivity contribution < 1.29 is 19.0 Å². The third-order valence-corrected chi connectivity index (χ3v) is 10.3. The van der Waals surface area contributed by atoms with Crippen LogP contribution in [0, 0.1) is 5.41 Å². The molecule has 0 unspecified atom stereocenters. The number of nitrogens with one attached hydrogen (secondary N) is 2. The molecule has 264 valence electrons. The number of anilines is 2. The molecule has 2 aromatic heterocycles. The highest BCUT2D eigenvalue weighted by Crippen LogP contribution is 2.60. The van der Waals surface area contributed by atoms with Gasteiger partial charge in [-0.2, -0.15) is 0 Å². The summed E-state index contributed by atoms with van der Waals surface area (Å²) in [5.41, 5.74) is 2.33. The summed E-state index contributed by atoms with van der Waals surface area (Å²) in [7, 11) is 6.87. The van der Waals surface area contributed by atoms with E-state index in [1.54, 1.807) is 32.4 Å². The van der Waals surface area contributed by atoms with Gasteiger partial charge in [0.2, 0.25) is 0 Å². The van der Waals surface area contributed by atoms with Crippen LogP contribution in [0.2, 0.25) is 0 Å². The van der Waals surface area contributed by atoms with Gasteiger partial charge in [-0.3, -0.25) is 4.79 Å². The number of urea groups is 1. The maximum Gasteiger partial charge on any atom is 0.320 e. The number of ether oxygens (including phenoxy) is 3. The smallest absolute Gasteiger partial charge is 0.320 e. The molecule has 2 bridgehead atoms. The molecule has 11 heteroatoms. The van der Waals surface area contributed by atoms with Crippen LogP contribution >= 0.6 is 0 Å². The molecule has 3 aliphatic rings. The van der Waals surface area contributed by atoms with E-state index in [9.17, 15) is 9.59 Å². The summed E-state index contributed by atoms with van der Waals surface area (Å²) in [6, 6.07) is 27.3. The number of fused-ring (bicyclic) bond motifs is 2. The topological polar surface area (TPSA) is 110 Å². The third-order valence-electron chi connectivity index (χ3n) is 10.3. The molecule has 5 aromatic rings. The number of carbonyl (C=O) groups excluding carboxylic acids is 1. The highest BCUT2D eigenvalue weighted by atomic mass is 16.5. The first kappa shape index (κ1) is 33.8. The molecule has 4 heterocycles. The zero-order valence-corrected chi connectivity index (χ0v) is 29.5. The number of carbonyl (C=O) groups is 1. The fourth-order valence-electron chi connectivity index (χ4n) is 7.72. The van der Waals surface area contributed by atoms with Crippen LogP contribution in [0.3, 0.4) is 0 Å². The lowest BCUT2D eigenvalue weighted by molar-refractivity contribution is 0.0410. The highest BCUT2D eigenvalue weighted by Gasteiger charge is 2.67. The number of methoxy groups -OCH3 is 2. The van der Waals surface area contributed by atoms with Gasteiger partial charge in [0.15, 0.2) is 0 Å². The Bertz CT molecular complexity index is 2100. The van der Waals surface area contributed by atoms with Crippen LogP contribution in [0.1, 0.15) is 24.0 Å². The zero-order valence-electron chi connectivity index (χ0n) is 29.5. The van der Waals surface area contributed by atoms with Crippen molar-refractivity contribution in [3.8, 4) is 17.2 Å². The van der Waals surface area contributed by atoms with E-state index in [0.29, 0.717) is 38.5 Å². The molecular formula is C40H44N6O5. The standard InChI is InChI=1S/C40H44N6O5/c1-44-18-16-31(20-36(44)47)51-27-39-23-40(24-39,46(26-39)38(48)45(2)22-28-9-6-5-7-10-28)25-43-34-12-8-11-33-32(34)15-17-41-37(33)42-21-29-13-14-30(49-3)19-35(29)50-4/h5-20,43H,21-27H2,1-4H3,(H,41,42). The van der Waals surface area contributed by atoms with Crippen LogP contribution in [0.15, 0.2) is 102 Å². The Morgan fingerprint density at radius 2 is 1.75 bits per heavy atom. The predicted octanol–water partition coefficient (Wildman–Crippen LogP) is 6.14. The van der Waals surface area contributed by atoms with Gasteiger partial charge < -0.3 is 39.2 Å². The second kappa shape index (κ2) is 13.9. The van der Waals surface area contributed by atoms with Crippen molar-refractivity contribution in [3.05, 3.63) is 119 Å². The van der Waals surface area contributed by atoms with E-state index in [-0.39, 0.29) is 22.5 Å². The largest absolute Gasteiger partial charge is 0.497 e. The summed E-state index contributed by atoms with van der Waals surface area (Å²) in [4.78, 5) is 34.9. The molecule has 8 rings (SSSR count). The number of aromatic nitrogens is 2. The number of benzene rings is 3. The van der Waals surface area contributed by atoms with Gasteiger partial charge in [0, 0.05) is 92.2 Å². The fourth-order valence-corrected chi connectivity index (χ4v) is 7.72. The van der Waals surface area contributed by atoms with Crippen LogP contribution in [0.25, 0.3) is 10.8 Å². The van der Waals surface area contributed by atoms with Crippen molar-refractivity contribution in [1.82, 2.24) is 19.4 Å². The Balaban J connectivity index is 1.10. The van der Waals surface area contributed by atoms with Gasteiger partial charge in [-0.25, -0.2) is 9.78 Å². The summed E-state index contributed by atoms with van der Waals surface area (Å²) in [5.74, 6) is 2.79. The van der Waals surface area contributed by atoms with Gasteiger partial charge in [-0.15, -0.1) is 0 Å². The monoisotopic (exact) mass is 688 g/mol. The number of nitrogens with zero attached hydrogens (tertiary/aromatic N) is 4. The maximum atomic E-state index is 14.1. The molecule has 2 N–H and O–H groups in total. The van der Waals surface area contributed by atoms with Gasteiger partial charge in [0.1, 0.15) is 23.1 Å². The van der Waals surface area contributed by atoms with Crippen molar-refractivity contribution in [3.63, 3.8) is 0 Å². The maximum absolute atomic E-state index is 14.1. The van der Waals surface area contributed by atoms with Crippen molar-refractivity contribution in [2.75, 3.05) is 51.6 Å². The molecule has 2 aliphatic heterocycles. The Labute approximate surface area is 297 Å². The minimum Gasteiger partial charge on any atom is -0.497 e. The lowest BCUT2D eigenvalue weighted by atomic mass is 9.62. The molecule has 3 aromatic carbocycles. The average molecular weight is 689 g/mol. The molecule has 0 atom stereocenters. The summed E-state index contributed by atoms with van der Waals surface area (Å²) in [6.45, 7) is 2.64. The van der Waals surface area contributed by atoms with Gasteiger partial charge in [0.05, 0.1) is 26.4 Å². The highest BCUT2D eigenvalue weighted by molar-refractivity contribution is 6.00. The first-order valence-electron chi connectivity index (χ1n) is 17.1. The normalized spacial score (nSPS) is 18.9. The Morgan fingerprint density at radius 1 is 0.922 bits per heavy atom. The number of aryl methyl sites for hydroxylation is 1. The number of amides is 2. The predicted molar refractivity (Wildman–Crippen MR) is 199 cm³/mol. The summed E-state index contributed by atoms with van der Waals surface area (Å²) < 4.78 is 18.7. The van der Waals surface area contributed by atoms with Crippen LogP contribution in [-0.2, 0) is 20.1 Å². The van der Waals surface area contributed by atoms with Crippen LogP contribution in [-0.4, -0.2) is 71.9 Å². The van der Waals surface area contributed by atoms with E-state index in [2.05, 4.69) is 27.8 Å². The van der Waals surface area contributed by atoms with Crippen molar-refractivity contribution in [2.45, 2.75) is 31.5 Å². The van der Waals surface area contributed by atoms with Gasteiger partial charge in [-0.1, -0.05) is 42.5 Å². The van der Waals surface area contributed by atoms with Crippen molar-refractivity contribution >= 4 is 28.3 Å². The number of pyridine rings is 2. The van der Waals surface area contributed by atoms with Gasteiger partial charge in [0.25, 0.3) is 5.56 Å². The zero-order chi connectivity index (χ0) is 35.6. The number of rotatable bonds is 13. The van der Waals surface area contributed by atoms with Gasteiger partial charge in [-0.05, 0) is 48.7 Å². The number of hydrogen-bond donors (Lipinski definition) is 2. The molecule has 2 saturated heterocycles. The van der Waals surface area contributed by atoms with Crippen LogP contribution in [0.4, 0.5) is 16.3 Å². The molecule has 51 heavy (non-hydrogen) atoms. The molecule has 11 nitrogen and oxygen atoms in total. The van der Waals surface area contributed by atoms with E-state index >= 15 is 0 Å². The molecule has 3 fully saturated rings. The second-order valence-electron chi connectivity index (χ2n) is 13.8. The Kier molecular flexibility index (Phi) is 9.20. The van der Waals surface area contributed by atoms with E-state index in [4.69, 9.17) is 14.2 Å². The average Bonchev–Trinajstić information content (AvgIpc) is 3.64. The summed E-state index contributed by atoms with van der Waals surface area (Å²) >= 11 is 0. The van der Waals surface area contributed by atoms with Crippen molar-refractivity contribution in [2.24, 2.45) is 12.5 Å². The molecule has 2 amide bonds. The minimum absolute atomic E-state index is 0.00354. The first-order chi connectivity index (χ1) is 24.7. The minimum atomic E-state index is -0.389. The van der Waals surface area contributed by atoms with E-state index < -0.39 is 0 Å². The molecule has 1 saturated carbocycles. The summed E-state index contributed by atoms with van der Waals surface area (Å²) in [5, 5.41) is 9.25. The lowest BCUT2D eigenvalue weighted by Gasteiger charge is -2.48. The molecule has 0 radical (unpaired) electrons. The molecule has 0 spiro atoms. The first-order valence-corrected chi connectivity index (χ1v) is 17.1. The lowest BCUT2D eigenvalue weighted by Crippen LogP contribution is -2.58. The van der Waals surface area contributed by atoms with E-state index in [1.807, 2.05) is 84.9 Å². The number of hydrogen-bond acceptors (Lipinski definition) is 8. The summed E-state index contributed by atoms with van der Waals surface area (Å²) in [6.07, 6.45) is 5.12. The van der Waals surface area contributed by atoms with Crippen molar-refractivity contribution in [1.29, 1.82) is 0 Å². The van der Waals surface area contributed by atoms with Gasteiger partial charge >= 0.3 is 6.03 Å². The van der Waals surface area contributed by atoms with Crippen LogP contribution < -0.4 is 30.4 Å².